The molecule has 0 unspecified atom stereocenters. The van der Waals surface area contributed by atoms with Gasteiger partial charge in [0.25, 0.3) is 0 Å². The van der Waals surface area contributed by atoms with E-state index in [4.69, 9.17) is 0 Å². The van der Waals surface area contributed by atoms with Crippen LogP contribution in [0.1, 0.15) is 19.5 Å². The number of anilines is 1. The van der Waals surface area contributed by atoms with Crippen LogP contribution in [0.5, 0.6) is 0 Å². The summed E-state index contributed by atoms with van der Waals surface area (Å²) in [5.74, 6) is 0.836. The van der Waals surface area contributed by atoms with Gasteiger partial charge in [-0.25, -0.2) is 4.98 Å². The van der Waals surface area contributed by atoms with Crippen LogP contribution in [-0.4, -0.2) is 23.1 Å². The Bertz CT molecular complexity index is 260. The molecule has 0 amide bonds. The Labute approximate surface area is 78.8 Å². The lowest BCUT2D eigenvalue weighted by molar-refractivity contribution is 0.780. The van der Waals surface area contributed by atoms with Crippen LogP contribution in [-0.2, 0) is 6.54 Å². The molecule has 72 valence electrons. The van der Waals surface area contributed by atoms with E-state index in [1.807, 2.05) is 7.05 Å². The van der Waals surface area contributed by atoms with Crippen LogP contribution in [0.4, 0.5) is 5.82 Å². The number of nitrogens with zero attached hydrogens (tertiary/aromatic N) is 2. The summed E-state index contributed by atoms with van der Waals surface area (Å²) >= 11 is 0. The maximum Gasteiger partial charge on any atom is 0.145 e. The Morgan fingerprint density at radius 1 is 1.38 bits per heavy atom. The summed E-state index contributed by atoms with van der Waals surface area (Å²) in [4.78, 5) is 8.46. The van der Waals surface area contributed by atoms with Gasteiger partial charge in [0.1, 0.15) is 5.82 Å². The highest BCUT2D eigenvalue weighted by Gasteiger charge is 1.98. The lowest BCUT2D eigenvalue weighted by Crippen LogP contribution is -2.13. The third kappa shape index (κ3) is 3.38. The molecule has 0 aromatic carbocycles. The van der Waals surface area contributed by atoms with Crippen LogP contribution in [0.3, 0.4) is 0 Å². The summed E-state index contributed by atoms with van der Waals surface area (Å²) in [6, 6.07) is 0.388. The molecule has 0 spiro atoms. The quantitative estimate of drug-likeness (QED) is 0.726. The topological polar surface area (TPSA) is 49.8 Å². The normalized spacial score (nSPS) is 10.5. The van der Waals surface area contributed by atoms with Crippen molar-refractivity contribution in [3.05, 3.63) is 18.1 Å². The molecule has 0 aliphatic rings. The number of nitrogens with one attached hydrogen (secondary N) is 2. The van der Waals surface area contributed by atoms with E-state index in [0.717, 1.165) is 18.1 Å². The van der Waals surface area contributed by atoms with Gasteiger partial charge in [-0.2, -0.15) is 0 Å². The van der Waals surface area contributed by atoms with Gasteiger partial charge in [0, 0.05) is 18.8 Å². The van der Waals surface area contributed by atoms with Crippen molar-refractivity contribution in [1.82, 2.24) is 15.3 Å². The van der Waals surface area contributed by atoms with Crippen molar-refractivity contribution in [1.29, 1.82) is 0 Å². The van der Waals surface area contributed by atoms with E-state index in [-0.39, 0.29) is 0 Å². The summed E-state index contributed by atoms with van der Waals surface area (Å²) in [5, 5.41) is 6.24. The molecule has 1 heterocycles. The van der Waals surface area contributed by atoms with Crippen LogP contribution in [0, 0.1) is 0 Å². The first-order valence-electron chi connectivity index (χ1n) is 4.44. The van der Waals surface area contributed by atoms with Crippen molar-refractivity contribution in [2.45, 2.75) is 26.4 Å². The van der Waals surface area contributed by atoms with Crippen LogP contribution in [0.25, 0.3) is 0 Å². The molecule has 2 N–H and O–H groups in total. The zero-order chi connectivity index (χ0) is 9.68. The number of rotatable bonds is 4. The minimum absolute atomic E-state index is 0.388. The predicted octanol–water partition coefficient (Wildman–Crippen LogP) is 1.02. The average Bonchev–Trinajstić information content (AvgIpc) is 2.04. The van der Waals surface area contributed by atoms with Crippen molar-refractivity contribution < 1.29 is 0 Å². The van der Waals surface area contributed by atoms with Crippen molar-refractivity contribution >= 4 is 5.82 Å². The van der Waals surface area contributed by atoms with Gasteiger partial charge < -0.3 is 10.6 Å². The monoisotopic (exact) mass is 180 g/mol. The molecule has 4 heteroatoms. The summed E-state index contributed by atoms with van der Waals surface area (Å²) < 4.78 is 0. The summed E-state index contributed by atoms with van der Waals surface area (Å²) in [7, 11) is 1.89. The highest BCUT2D eigenvalue weighted by molar-refractivity contribution is 5.32. The smallest absolute Gasteiger partial charge is 0.145 e. The highest BCUT2D eigenvalue weighted by atomic mass is 15.0. The van der Waals surface area contributed by atoms with Gasteiger partial charge in [-0.05, 0) is 20.9 Å². The largest absolute Gasteiger partial charge is 0.367 e. The van der Waals surface area contributed by atoms with E-state index in [2.05, 4.69) is 34.4 Å². The van der Waals surface area contributed by atoms with E-state index in [1.165, 1.54) is 0 Å². The predicted molar refractivity (Wildman–Crippen MR) is 53.6 cm³/mol. The molecule has 1 aromatic heterocycles. The lowest BCUT2D eigenvalue weighted by Gasteiger charge is -2.09. The molecule has 0 saturated heterocycles. The molecule has 0 bridgehead atoms. The fourth-order valence-corrected chi connectivity index (χ4v) is 1.04. The van der Waals surface area contributed by atoms with Gasteiger partial charge >= 0.3 is 0 Å². The average molecular weight is 180 g/mol. The first-order valence-corrected chi connectivity index (χ1v) is 4.44. The maximum atomic E-state index is 4.37. The second-order valence-corrected chi connectivity index (χ2v) is 3.23. The summed E-state index contributed by atoms with van der Waals surface area (Å²) in [5.41, 5.74) is 0.952. The molecule has 1 aromatic rings. The molecule has 13 heavy (non-hydrogen) atoms. The zero-order valence-electron chi connectivity index (χ0n) is 8.33. The Morgan fingerprint density at radius 2 is 2.15 bits per heavy atom. The molecule has 0 atom stereocenters. The van der Waals surface area contributed by atoms with E-state index in [1.54, 1.807) is 12.4 Å². The molecule has 0 aliphatic heterocycles. The Kier molecular flexibility index (Phi) is 3.64. The molecule has 1 rings (SSSR count). The van der Waals surface area contributed by atoms with Crippen LogP contribution >= 0.6 is 0 Å². The summed E-state index contributed by atoms with van der Waals surface area (Å²) in [6.45, 7) is 4.90. The van der Waals surface area contributed by atoms with Gasteiger partial charge in [0.05, 0.1) is 11.9 Å². The Balaban J connectivity index is 2.67. The van der Waals surface area contributed by atoms with E-state index >= 15 is 0 Å². The Morgan fingerprint density at radius 3 is 2.77 bits per heavy atom. The fraction of sp³-hybridized carbons (Fsp3) is 0.556. The van der Waals surface area contributed by atoms with E-state index in [9.17, 15) is 0 Å². The van der Waals surface area contributed by atoms with Gasteiger partial charge in [-0.1, -0.05) is 0 Å². The number of aromatic nitrogens is 2. The minimum atomic E-state index is 0.388. The second kappa shape index (κ2) is 4.77. The SMILES string of the molecule is CNCc1cncc(NC(C)C)n1. The highest BCUT2D eigenvalue weighted by Crippen LogP contribution is 2.03. The van der Waals surface area contributed by atoms with E-state index in [0.29, 0.717) is 6.04 Å². The minimum Gasteiger partial charge on any atom is -0.367 e. The second-order valence-electron chi connectivity index (χ2n) is 3.23. The first-order chi connectivity index (χ1) is 6.22. The molecule has 4 nitrogen and oxygen atoms in total. The fourth-order valence-electron chi connectivity index (χ4n) is 1.04. The molecule has 0 radical (unpaired) electrons. The van der Waals surface area contributed by atoms with Gasteiger partial charge in [-0.3, -0.25) is 4.98 Å². The van der Waals surface area contributed by atoms with Gasteiger partial charge in [-0.15, -0.1) is 0 Å². The standard InChI is InChI=1S/C9H16N4/c1-7(2)12-9-6-11-5-8(13-9)4-10-3/h5-7,10H,4H2,1-3H3,(H,12,13). The summed E-state index contributed by atoms with van der Waals surface area (Å²) in [6.07, 6.45) is 3.50. The molecular weight excluding hydrogens is 164 g/mol. The molecular formula is C9H16N4. The van der Waals surface area contributed by atoms with Crippen LogP contribution < -0.4 is 10.6 Å². The Hall–Kier alpha value is -1.16. The first kappa shape index (κ1) is 9.92. The van der Waals surface area contributed by atoms with Crippen LogP contribution in [0.15, 0.2) is 12.4 Å². The molecule has 0 fully saturated rings. The zero-order valence-corrected chi connectivity index (χ0v) is 8.33. The lowest BCUT2D eigenvalue weighted by atomic mass is 10.4. The maximum absolute atomic E-state index is 4.37. The molecule has 0 aliphatic carbocycles. The van der Waals surface area contributed by atoms with Crippen molar-refractivity contribution in [3.63, 3.8) is 0 Å². The van der Waals surface area contributed by atoms with Crippen molar-refractivity contribution in [2.24, 2.45) is 0 Å². The van der Waals surface area contributed by atoms with E-state index < -0.39 is 0 Å². The van der Waals surface area contributed by atoms with Crippen molar-refractivity contribution in [3.8, 4) is 0 Å². The van der Waals surface area contributed by atoms with Crippen LogP contribution in [0.2, 0.25) is 0 Å². The van der Waals surface area contributed by atoms with Crippen molar-refractivity contribution in [2.75, 3.05) is 12.4 Å². The number of hydrogen-bond donors (Lipinski definition) is 2. The van der Waals surface area contributed by atoms with Gasteiger partial charge in [0.15, 0.2) is 0 Å². The third-order valence-corrected chi connectivity index (χ3v) is 1.48. The van der Waals surface area contributed by atoms with Gasteiger partial charge in [0.2, 0.25) is 0 Å². The molecule has 0 saturated carbocycles. The third-order valence-electron chi connectivity index (χ3n) is 1.48. The number of hydrogen-bond acceptors (Lipinski definition) is 4.